The Labute approximate surface area is 252 Å². The van der Waals surface area contributed by atoms with Crippen LogP contribution in [0.3, 0.4) is 0 Å². The number of carbonyl (C=O) groups is 2. The molecule has 1 fully saturated rings. The topological polar surface area (TPSA) is 102 Å². The van der Waals surface area contributed by atoms with Crippen molar-refractivity contribution >= 4 is 21.9 Å². The molecular weight excluding hydrogens is 564 g/mol. The second kappa shape index (κ2) is 12.8. The summed E-state index contributed by atoms with van der Waals surface area (Å²) in [4.78, 5) is 25.1. The van der Waals surface area contributed by atoms with E-state index >= 15 is 0 Å². The second-order valence-corrected chi connectivity index (χ2v) is 12.4. The van der Waals surface area contributed by atoms with E-state index in [2.05, 4.69) is 5.32 Å². The van der Waals surface area contributed by atoms with Crippen molar-refractivity contribution in [3.63, 3.8) is 0 Å². The Morgan fingerprint density at radius 2 is 1.35 bits per heavy atom. The molecule has 1 aliphatic carbocycles. The van der Waals surface area contributed by atoms with Gasteiger partial charge < -0.3 is 14.8 Å². The number of amides is 1. The van der Waals surface area contributed by atoms with Crippen molar-refractivity contribution in [3.8, 4) is 5.75 Å². The third-order valence-corrected chi connectivity index (χ3v) is 9.32. The lowest BCUT2D eigenvalue weighted by Gasteiger charge is -2.23. The summed E-state index contributed by atoms with van der Waals surface area (Å²) >= 11 is 0. The fourth-order valence-corrected chi connectivity index (χ4v) is 6.36. The van der Waals surface area contributed by atoms with Crippen molar-refractivity contribution in [2.75, 3.05) is 13.7 Å². The summed E-state index contributed by atoms with van der Waals surface area (Å²) in [5, 5.41) is 3.18. The van der Waals surface area contributed by atoms with Crippen LogP contribution in [0, 0.1) is 0 Å². The molecule has 9 heteroatoms. The highest BCUT2D eigenvalue weighted by Crippen LogP contribution is 2.45. The maximum atomic E-state index is 13.9. The summed E-state index contributed by atoms with van der Waals surface area (Å²) in [6, 6.07) is 29.9. The number of rotatable bonds is 12. The number of ether oxygens (including phenoxy) is 2. The van der Waals surface area contributed by atoms with Crippen molar-refractivity contribution < 1.29 is 27.5 Å². The molecule has 0 aromatic heterocycles. The lowest BCUT2D eigenvalue weighted by molar-refractivity contribution is 0.0600. The lowest BCUT2D eigenvalue weighted by Crippen LogP contribution is -2.34. The summed E-state index contributed by atoms with van der Waals surface area (Å²) in [7, 11) is -2.62. The number of hydrogen-bond acceptors (Lipinski definition) is 6. The first-order valence-corrected chi connectivity index (χ1v) is 15.6. The maximum Gasteiger partial charge on any atom is 0.337 e. The van der Waals surface area contributed by atoms with Crippen LogP contribution in [0.4, 0.5) is 0 Å². The Balaban J connectivity index is 1.36. The summed E-state index contributed by atoms with van der Waals surface area (Å²) in [5.74, 6) is -0.0520. The van der Waals surface area contributed by atoms with Crippen LogP contribution < -0.4 is 10.1 Å². The molecular formula is C34H34N2O6S. The number of methoxy groups -OCH3 is 1. The number of carbonyl (C=O) groups excluding carboxylic acids is 2. The van der Waals surface area contributed by atoms with Crippen molar-refractivity contribution in [1.29, 1.82) is 0 Å². The van der Waals surface area contributed by atoms with E-state index in [9.17, 15) is 18.0 Å². The molecule has 4 aromatic rings. The number of nitrogens with zero attached hydrogens (tertiary/aromatic N) is 1. The van der Waals surface area contributed by atoms with Crippen molar-refractivity contribution in [1.82, 2.24) is 9.62 Å². The average Bonchev–Trinajstić information content (AvgIpc) is 3.82. The first-order chi connectivity index (χ1) is 20.7. The molecule has 0 radical (unpaired) electrons. The minimum atomic E-state index is -3.93. The van der Waals surface area contributed by atoms with Crippen LogP contribution in [0.1, 0.15) is 57.2 Å². The zero-order valence-corrected chi connectivity index (χ0v) is 25.0. The Hall–Kier alpha value is -4.47. The molecule has 8 nitrogen and oxygen atoms in total. The normalized spacial score (nSPS) is 13.7. The lowest BCUT2D eigenvalue weighted by atomic mass is 10.0. The molecule has 1 amide bonds. The number of hydrogen-bond donors (Lipinski definition) is 1. The van der Waals surface area contributed by atoms with Gasteiger partial charge in [0.1, 0.15) is 5.75 Å². The number of benzene rings is 4. The van der Waals surface area contributed by atoms with Gasteiger partial charge in [0.25, 0.3) is 5.91 Å². The first kappa shape index (κ1) is 30.0. The molecule has 0 heterocycles. The standard InChI is InChI=1S/C34H34N2O6S/c1-3-42-30-17-19-31(20-18-30)43(39,40)36(24-26-11-15-28(16-12-26)33(38)41-2)23-25-9-13-27(14-10-25)32(37)35-34(21-22-34)29-7-5-4-6-8-29/h4-20H,3,21-24H2,1-2H3,(H,35,37). The number of sulfonamides is 1. The molecule has 43 heavy (non-hydrogen) atoms. The van der Waals surface area contributed by atoms with Crippen LogP contribution in [0.5, 0.6) is 5.75 Å². The van der Waals surface area contributed by atoms with Crippen molar-refractivity contribution in [2.45, 2.75) is 43.3 Å². The largest absolute Gasteiger partial charge is 0.494 e. The van der Waals surface area contributed by atoms with Gasteiger partial charge in [-0.25, -0.2) is 13.2 Å². The van der Waals surface area contributed by atoms with Crippen LogP contribution in [0.2, 0.25) is 0 Å². The minimum absolute atomic E-state index is 0.0683. The summed E-state index contributed by atoms with van der Waals surface area (Å²) in [5.41, 5.74) is 3.07. The molecule has 0 unspecified atom stereocenters. The molecule has 0 aliphatic heterocycles. The molecule has 0 saturated heterocycles. The van der Waals surface area contributed by atoms with Gasteiger partial charge in [-0.1, -0.05) is 54.6 Å². The Morgan fingerprint density at radius 3 is 1.86 bits per heavy atom. The summed E-state index contributed by atoms with van der Waals surface area (Å²) in [6.07, 6.45) is 1.78. The highest BCUT2D eigenvalue weighted by Gasteiger charge is 2.45. The van der Waals surface area contributed by atoms with E-state index in [4.69, 9.17) is 9.47 Å². The van der Waals surface area contributed by atoms with Crippen LogP contribution in [-0.4, -0.2) is 38.3 Å². The molecule has 5 rings (SSSR count). The predicted molar refractivity (Wildman–Crippen MR) is 163 cm³/mol. The van der Waals surface area contributed by atoms with Gasteiger partial charge in [-0.15, -0.1) is 0 Å². The maximum absolute atomic E-state index is 13.9. The third-order valence-electron chi connectivity index (χ3n) is 7.51. The monoisotopic (exact) mass is 598 g/mol. The summed E-state index contributed by atoms with van der Waals surface area (Å²) in [6.45, 7) is 2.48. The highest BCUT2D eigenvalue weighted by molar-refractivity contribution is 7.89. The van der Waals surface area contributed by atoms with E-state index in [1.165, 1.54) is 23.5 Å². The molecule has 0 spiro atoms. The molecule has 1 saturated carbocycles. The van der Waals surface area contributed by atoms with Gasteiger partial charge in [-0.3, -0.25) is 4.79 Å². The highest BCUT2D eigenvalue weighted by atomic mass is 32.2. The van der Waals surface area contributed by atoms with Crippen LogP contribution in [0.25, 0.3) is 0 Å². The van der Waals surface area contributed by atoms with Crippen LogP contribution >= 0.6 is 0 Å². The zero-order chi connectivity index (χ0) is 30.5. The van der Waals surface area contributed by atoms with Crippen molar-refractivity contribution in [3.05, 3.63) is 131 Å². The number of esters is 1. The van der Waals surface area contributed by atoms with Crippen molar-refractivity contribution in [2.24, 2.45) is 0 Å². The molecule has 4 aromatic carbocycles. The number of nitrogens with one attached hydrogen (secondary N) is 1. The molecule has 0 atom stereocenters. The smallest absolute Gasteiger partial charge is 0.337 e. The van der Waals surface area contributed by atoms with Gasteiger partial charge in [0, 0.05) is 18.7 Å². The second-order valence-electron chi connectivity index (χ2n) is 10.5. The van der Waals surface area contributed by atoms with E-state index in [0.717, 1.165) is 24.0 Å². The zero-order valence-electron chi connectivity index (χ0n) is 24.2. The van der Waals surface area contributed by atoms with Gasteiger partial charge in [0.2, 0.25) is 10.0 Å². The molecule has 1 N–H and O–H groups in total. The van der Waals surface area contributed by atoms with E-state index in [-0.39, 0.29) is 29.4 Å². The quantitative estimate of drug-likeness (QED) is 0.211. The van der Waals surface area contributed by atoms with Gasteiger partial charge >= 0.3 is 5.97 Å². The fourth-order valence-electron chi connectivity index (χ4n) is 4.94. The Morgan fingerprint density at radius 1 is 0.791 bits per heavy atom. The first-order valence-electron chi connectivity index (χ1n) is 14.1. The average molecular weight is 599 g/mol. The van der Waals surface area contributed by atoms with E-state index < -0.39 is 16.0 Å². The molecule has 222 valence electrons. The van der Waals surface area contributed by atoms with Gasteiger partial charge in [-0.2, -0.15) is 4.31 Å². The van der Waals surface area contributed by atoms with Gasteiger partial charge in [-0.05, 0) is 85.0 Å². The Kier molecular flexibility index (Phi) is 8.94. The minimum Gasteiger partial charge on any atom is -0.494 e. The fraction of sp³-hybridized carbons (Fsp3) is 0.235. The van der Waals surface area contributed by atoms with E-state index in [0.29, 0.717) is 29.0 Å². The van der Waals surface area contributed by atoms with Crippen LogP contribution in [0.15, 0.2) is 108 Å². The van der Waals surface area contributed by atoms with Gasteiger partial charge in [0.05, 0.1) is 29.7 Å². The Bertz CT molecular complexity index is 1670. The van der Waals surface area contributed by atoms with Gasteiger partial charge in [0.15, 0.2) is 0 Å². The predicted octanol–water partition coefficient (Wildman–Crippen LogP) is 5.68. The molecule has 1 aliphatic rings. The van der Waals surface area contributed by atoms with Crippen LogP contribution in [-0.2, 0) is 33.4 Å². The third kappa shape index (κ3) is 6.96. The van der Waals surface area contributed by atoms with E-state index in [1.54, 1.807) is 60.7 Å². The SMILES string of the molecule is CCOc1ccc(S(=O)(=O)N(Cc2ccc(C(=O)NC3(c4ccccc4)CC3)cc2)Cc2ccc(C(=O)OC)cc2)cc1. The van der Waals surface area contributed by atoms with E-state index in [1.807, 2.05) is 37.3 Å². The summed E-state index contributed by atoms with van der Waals surface area (Å²) < 4.78 is 39.3. The molecule has 0 bridgehead atoms.